The number of nitrogens with zero attached hydrogens (tertiary/aromatic N) is 1. The van der Waals surface area contributed by atoms with Crippen LogP contribution in [-0.4, -0.2) is 63.1 Å². The summed E-state index contributed by atoms with van der Waals surface area (Å²) in [6.45, 7) is 2.43. The third kappa shape index (κ3) is 8.39. The van der Waals surface area contributed by atoms with Crippen LogP contribution in [0.25, 0.3) is 0 Å². The summed E-state index contributed by atoms with van der Waals surface area (Å²) < 4.78 is 27.8. The molecule has 0 radical (unpaired) electrons. The fourth-order valence-corrected chi connectivity index (χ4v) is 4.94. The van der Waals surface area contributed by atoms with Gasteiger partial charge in [-0.25, -0.2) is 13.1 Å². The molecule has 0 unspecified atom stereocenters. The Bertz CT molecular complexity index is 874. The van der Waals surface area contributed by atoms with Gasteiger partial charge in [0.05, 0.1) is 18.3 Å². The number of hydrogen-bond acceptors (Lipinski definition) is 6. The zero-order valence-corrected chi connectivity index (χ0v) is 18.7. The monoisotopic (exact) mass is 452 g/mol. The lowest BCUT2D eigenvalue weighted by molar-refractivity contribution is -0.137. The van der Waals surface area contributed by atoms with E-state index >= 15 is 0 Å². The lowest BCUT2D eigenvalue weighted by atomic mass is 10.1. The van der Waals surface area contributed by atoms with Gasteiger partial charge in [0.2, 0.25) is 21.8 Å². The van der Waals surface area contributed by atoms with Crippen LogP contribution in [0.5, 0.6) is 0 Å². The molecular weight excluding hydrogens is 420 g/mol. The molecule has 1 saturated heterocycles. The molecule has 9 nitrogen and oxygen atoms in total. The number of rotatable bonds is 11. The van der Waals surface area contributed by atoms with Crippen molar-refractivity contribution in [2.75, 3.05) is 19.6 Å². The average Bonchev–Trinajstić information content (AvgIpc) is 2.86. The first-order valence-electron chi connectivity index (χ1n) is 10.5. The predicted octanol–water partition coefficient (Wildman–Crippen LogP) is 0.218. The smallest absolute Gasteiger partial charge is 0.241 e. The summed E-state index contributed by atoms with van der Waals surface area (Å²) in [5, 5.41) is 2.60. The summed E-state index contributed by atoms with van der Waals surface area (Å²) in [5.74, 6) is -1.10. The van der Waals surface area contributed by atoms with Gasteiger partial charge in [-0.05, 0) is 51.1 Å². The van der Waals surface area contributed by atoms with Crippen LogP contribution in [0.15, 0.2) is 24.3 Å². The maximum Gasteiger partial charge on any atom is 0.241 e. The molecular formula is C21H32N4O5S. The lowest BCUT2D eigenvalue weighted by Gasteiger charge is -2.25. The zero-order chi connectivity index (χ0) is 22.9. The number of aryl methyl sites for hydroxylation is 1. The van der Waals surface area contributed by atoms with Crippen molar-refractivity contribution in [2.24, 2.45) is 5.73 Å². The number of likely N-dealkylation sites (tertiary alicyclic amines) is 1. The van der Waals surface area contributed by atoms with E-state index < -0.39 is 33.9 Å². The number of amides is 2. The van der Waals surface area contributed by atoms with Crippen molar-refractivity contribution < 1.29 is 22.8 Å². The highest BCUT2D eigenvalue weighted by molar-refractivity contribution is 7.88. The molecule has 2 amide bonds. The van der Waals surface area contributed by atoms with Gasteiger partial charge >= 0.3 is 0 Å². The van der Waals surface area contributed by atoms with Crippen LogP contribution in [0.4, 0.5) is 0 Å². The molecule has 1 aromatic carbocycles. The lowest BCUT2D eigenvalue weighted by Crippen LogP contribution is -2.51. The first-order chi connectivity index (χ1) is 14.7. The van der Waals surface area contributed by atoms with E-state index in [-0.39, 0.29) is 12.3 Å². The highest BCUT2D eigenvalue weighted by Gasteiger charge is 2.31. The van der Waals surface area contributed by atoms with Crippen LogP contribution < -0.4 is 15.8 Å². The summed E-state index contributed by atoms with van der Waals surface area (Å²) >= 11 is 0. The molecule has 31 heavy (non-hydrogen) atoms. The Balaban J connectivity index is 1.99. The zero-order valence-electron chi connectivity index (χ0n) is 17.9. The highest BCUT2D eigenvalue weighted by Crippen LogP contribution is 2.15. The van der Waals surface area contributed by atoms with E-state index in [0.29, 0.717) is 57.0 Å². The molecule has 2 rings (SSSR count). The molecule has 172 valence electrons. The van der Waals surface area contributed by atoms with E-state index in [1.54, 1.807) is 18.2 Å². The topological polar surface area (TPSA) is 139 Å². The van der Waals surface area contributed by atoms with Gasteiger partial charge in [-0.15, -0.1) is 0 Å². The van der Waals surface area contributed by atoms with Gasteiger partial charge in [0.1, 0.15) is 12.3 Å². The molecule has 1 fully saturated rings. The van der Waals surface area contributed by atoms with Gasteiger partial charge in [-0.1, -0.05) is 29.8 Å². The minimum absolute atomic E-state index is 0.220. The Hall–Kier alpha value is -2.30. The Morgan fingerprint density at radius 2 is 2.13 bits per heavy atom. The molecule has 1 aliphatic heterocycles. The summed E-state index contributed by atoms with van der Waals surface area (Å²) in [6.07, 6.45) is 3.38. The second-order valence-electron chi connectivity index (χ2n) is 7.92. The number of nitrogens with one attached hydrogen (secondary N) is 2. The molecule has 10 heteroatoms. The molecule has 0 saturated carbocycles. The van der Waals surface area contributed by atoms with Gasteiger partial charge in [0, 0.05) is 6.54 Å². The van der Waals surface area contributed by atoms with Crippen molar-refractivity contribution in [3.8, 4) is 0 Å². The standard InChI is InChI=1S/C21H32N4O5S/c1-16-6-4-7-17(12-16)15-31(29,30)24-19-9-2-3-11-25(21(19)28)13-20(27)23-18(14-26)8-5-10-22/h4,6-7,12,14,18-19,24H,2-3,5,8-11,13,15,22H2,1H3,(H,23,27)/t18-,19-/m0/s1. The SMILES string of the molecule is Cc1cccc(CS(=O)(=O)N[C@H]2CCCCN(CC(=O)N[C@H](C=O)CCCN)C2=O)c1. The van der Waals surface area contributed by atoms with Crippen molar-refractivity contribution in [1.82, 2.24) is 14.9 Å². The fourth-order valence-electron chi connectivity index (χ4n) is 3.59. The molecule has 2 atom stereocenters. The second kappa shape index (κ2) is 11.9. The van der Waals surface area contributed by atoms with Crippen LogP contribution in [0, 0.1) is 6.92 Å². The Morgan fingerprint density at radius 3 is 2.81 bits per heavy atom. The first kappa shape index (κ1) is 25.0. The number of nitrogens with two attached hydrogens (primary N) is 1. The Kier molecular flexibility index (Phi) is 9.60. The summed E-state index contributed by atoms with van der Waals surface area (Å²) in [7, 11) is -3.74. The summed E-state index contributed by atoms with van der Waals surface area (Å²) in [4.78, 5) is 37.7. The minimum atomic E-state index is -3.74. The van der Waals surface area contributed by atoms with E-state index in [2.05, 4.69) is 10.0 Å². The van der Waals surface area contributed by atoms with Crippen LogP contribution >= 0.6 is 0 Å². The van der Waals surface area contributed by atoms with Crippen LogP contribution in [0.2, 0.25) is 0 Å². The number of hydrogen-bond donors (Lipinski definition) is 3. The maximum atomic E-state index is 12.9. The Labute approximate surface area is 183 Å². The molecule has 1 aromatic rings. The van der Waals surface area contributed by atoms with E-state index in [0.717, 1.165) is 5.56 Å². The quantitative estimate of drug-likeness (QED) is 0.411. The van der Waals surface area contributed by atoms with E-state index in [4.69, 9.17) is 5.73 Å². The Morgan fingerprint density at radius 1 is 1.35 bits per heavy atom. The highest BCUT2D eigenvalue weighted by atomic mass is 32.2. The molecule has 0 aliphatic carbocycles. The number of benzene rings is 1. The van der Waals surface area contributed by atoms with Crippen molar-refractivity contribution in [3.05, 3.63) is 35.4 Å². The van der Waals surface area contributed by atoms with Crippen molar-refractivity contribution >= 4 is 28.1 Å². The largest absolute Gasteiger partial charge is 0.345 e. The third-order valence-electron chi connectivity index (χ3n) is 5.11. The van der Waals surface area contributed by atoms with Gasteiger partial charge in [0.15, 0.2) is 0 Å². The number of sulfonamides is 1. The number of aldehydes is 1. The number of carbonyl (C=O) groups excluding carboxylic acids is 3. The van der Waals surface area contributed by atoms with Crippen LogP contribution in [0.3, 0.4) is 0 Å². The van der Waals surface area contributed by atoms with Crippen molar-refractivity contribution in [1.29, 1.82) is 0 Å². The van der Waals surface area contributed by atoms with E-state index in [1.807, 2.05) is 13.0 Å². The molecule has 1 aliphatic rings. The maximum absolute atomic E-state index is 12.9. The normalized spacial score (nSPS) is 18.3. The first-order valence-corrected chi connectivity index (χ1v) is 12.2. The van der Waals surface area contributed by atoms with Gasteiger partial charge in [-0.3, -0.25) is 9.59 Å². The fraction of sp³-hybridized carbons (Fsp3) is 0.571. The van der Waals surface area contributed by atoms with E-state index in [9.17, 15) is 22.8 Å². The predicted molar refractivity (Wildman–Crippen MR) is 117 cm³/mol. The van der Waals surface area contributed by atoms with E-state index in [1.165, 1.54) is 4.90 Å². The third-order valence-corrected chi connectivity index (χ3v) is 6.46. The molecule has 1 heterocycles. The van der Waals surface area contributed by atoms with Crippen molar-refractivity contribution in [2.45, 2.75) is 56.9 Å². The average molecular weight is 453 g/mol. The molecule has 4 N–H and O–H groups in total. The van der Waals surface area contributed by atoms with Gasteiger partial charge in [0.25, 0.3) is 0 Å². The van der Waals surface area contributed by atoms with Gasteiger partial charge in [-0.2, -0.15) is 0 Å². The van der Waals surface area contributed by atoms with Crippen molar-refractivity contribution in [3.63, 3.8) is 0 Å². The molecule has 0 aromatic heterocycles. The molecule has 0 bridgehead atoms. The minimum Gasteiger partial charge on any atom is -0.345 e. The molecule has 0 spiro atoms. The van der Waals surface area contributed by atoms with Gasteiger partial charge < -0.3 is 20.7 Å². The second-order valence-corrected chi connectivity index (χ2v) is 9.67. The summed E-state index contributed by atoms with van der Waals surface area (Å²) in [5.41, 5.74) is 7.03. The number of carbonyl (C=O) groups is 3. The summed E-state index contributed by atoms with van der Waals surface area (Å²) in [6, 6.07) is 5.63. The van der Waals surface area contributed by atoms with Crippen LogP contribution in [0.1, 0.15) is 43.2 Å². The van der Waals surface area contributed by atoms with Crippen LogP contribution in [-0.2, 0) is 30.2 Å².